The minimum atomic E-state index is -0.618. The molecule has 3 rings (SSSR count). The molecule has 0 fully saturated rings. The van der Waals surface area contributed by atoms with Gasteiger partial charge in [-0.1, -0.05) is 54.2 Å². The number of hydrogen-bond donors (Lipinski definition) is 1. The van der Waals surface area contributed by atoms with Crippen molar-refractivity contribution in [2.45, 2.75) is 31.0 Å². The summed E-state index contributed by atoms with van der Waals surface area (Å²) in [4.78, 5) is 19.3. The van der Waals surface area contributed by atoms with Crippen LogP contribution in [0.5, 0.6) is 0 Å². The Balaban J connectivity index is 1.77. The number of nitrogens with zero attached hydrogens (tertiary/aromatic N) is 1. The Morgan fingerprint density at radius 2 is 1.77 bits per heavy atom. The molecule has 0 saturated carbocycles. The average Bonchev–Trinajstić information content (AvgIpc) is 2.65. The lowest BCUT2D eigenvalue weighted by molar-refractivity contribution is -0.143. The molecular formula is C20H22N2O3S. The fourth-order valence-electron chi connectivity index (χ4n) is 2.64. The van der Waals surface area contributed by atoms with Gasteiger partial charge in [-0.3, -0.25) is 4.79 Å². The standard InChI is InChI=1S/C20H22N2O3S/c1-3-24-19(25-4-2)17-12-18(23)22-20(21-17)26-13-14-9-10-15-7-5-6-8-16(15)11-14/h5-12,19H,3-4,13H2,1-2H3,(H,21,22,23). The minimum Gasteiger partial charge on any atom is -0.347 e. The summed E-state index contributed by atoms with van der Waals surface area (Å²) >= 11 is 1.49. The molecule has 2 aromatic carbocycles. The number of nitrogens with one attached hydrogen (secondary N) is 1. The largest absolute Gasteiger partial charge is 0.347 e. The van der Waals surface area contributed by atoms with Crippen LogP contribution in [0.2, 0.25) is 0 Å². The predicted octanol–water partition coefficient (Wildman–Crippen LogP) is 4.29. The number of rotatable bonds is 8. The van der Waals surface area contributed by atoms with Crippen molar-refractivity contribution in [1.82, 2.24) is 9.97 Å². The summed E-state index contributed by atoms with van der Waals surface area (Å²) in [6.07, 6.45) is -0.618. The van der Waals surface area contributed by atoms with Gasteiger partial charge in [-0.05, 0) is 30.2 Å². The summed E-state index contributed by atoms with van der Waals surface area (Å²) in [6, 6.07) is 16.0. The SMILES string of the molecule is CCOC(OCC)c1cc(=O)[nH]c(SCc2ccc3ccccc3c2)n1. The van der Waals surface area contributed by atoms with E-state index < -0.39 is 6.29 Å². The van der Waals surface area contributed by atoms with Crippen LogP contribution in [0.4, 0.5) is 0 Å². The summed E-state index contributed by atoms with van der Waals surface area (Å²) in [5.41, 5.74) is 1.46. The van der Waals surface area contributed by atoms with Crippen molar-refractivity contribution in [3.63, 3.8) is 0 Å². The van der Waals surface area contributed by atoms with Gasteiger partial charge in [0.15, 0.2) is 5.16 Å². The molecule has 0 aliphatic carbocycles. The number of benzene rings is 2. The van der Waals surface area contributed by atoms with E-state index in [1.165, 1.54) is 34.2 Å². The number of thioether (sulfide) groups is 1. The van der Waals surface area contributed by atoms with Crippen LogP contribution in [0.15, 0.2) is 58.5 Å². The van der Waals surface area contributed by atoms with Gasteiger partial charge >= 0.3 is 0 Å². The first kappa shape index (κ1) is 18.6. The van der Waals surface area contributed by atoms with Gasteiger partial charge in [0, 0.05) is 25.0 Å². The van der Waals surface area contributed by atoms with Gasteiger partial charge in [0.25, 0.3) is 5.56 Å². The third-order valence-electron chi connectivity index (χ3n) is 3.81. The highest BCUT2D eigenvalue weighted by atomic mass is 32.2. The highest BCUT2D eigenvalue weighted by Crippen LogP contribution is 2.24. The molecule has 136 valence electrons. The molecule has 0 amide bonds. The number of aromatic nitrogens is 2. The molecule has 0 bridgehead atoms. The molecule has 3 aromatic rings. The van der Waals surface area contributed by atoms with Crippen LogP contribution in [-0.4, -0.2) is 23.2 Å². The summed E-state index contributed by atoms with van der Waals surface area (Å²) in [6.45, 7) is 4.74. The van der Waals surface area contributed by atoms with Gasteiger partial charge in [0.2, 0.25) is 6.29 Å². The van der Waals surface area contributed by atoms with E-state index in [4.69, 9.17) is 9.47 Å². The fraction of sp³-hybridized carbons (Fsp3) is 0.300. The van der Waals surface area contributed by atoms with Gasteiger partial charge in [-0.2, -0.15) is 0 Å². The normalized spacial score (nSPS) is 11.3. The van der Waals surface area contributed by atoms with E-state index in [1.54, 1.807) is 0 Å². The monoisotopic (exact) mass is 370 g/mol. The van der Waals surface area contributed by atoms with Crippen LogP contribution in [-0.2, 0) is 15.2 Å². The summed E-state index contributed by atoms with van der Waals surface area (Å²) in [7, 11) is 0. The average molecular weight is 370 g/mol. The molecule has 0 radical (unpaired) electrons. The summed E-state index contributed by atoms with van der Waals surface area (Å²) in [5.74, 6) is 0.713. The van der Waals surface area contributed by atoms with Crippen molar-refractivity contribution in [3.8, 4) is 0 Å². The zero-order valence-corrected chi connectivity index (χ0v) is 15.7. The molecule has 1 heterocycles. The van der Waals surface area contributed by atoms with Crippen LogP contribution in [0.25, 0.3) is 10.8 Å². The zero-order valence-electron chi connectivity index (χ0n) is 14.9. The maximum absolute atomic E-state index is 12.0. The van der Waals surface area contributed by atoms with Crippen LogP contribution in [0.3, 0.4) is 0 Å². The first-order valence-corrected chi connectivity index (χ1v) is 9.63. The minimum absolute atomic E-state index is 0.208. The van der Waals surface area contributed by atoms with Gasteiger partial charge in [-0.15, -0.1) is 0 Å². The fourth-order valence-corrected chi connectivity index (χ4v) is 3.47. The number of H-pyrrole nitrogens is 1. The van der Waals surface area contributed by atoms with Gasteiger partial charge < -0.3 is 14.5 Å². The second kappa shape index (κ2) is 8.98. The van der Waals surface area contributed by atoms with Crippen LogP contribution >= 0.6 is 11.8 Å². The second-order valence-electron chi connectivity index (χ2n) is 5.69. The highest BCUT2D eigenvalue weighted by Gasteiger charge is 2.15. The zero-order chi connectivity index (χ0) is 18.4. The molecule has 26 heavy (non-hydrogen) atoms. The van der Waals surface area contributed by atoms with E-state index in [0.717, 1.165) is 0 Å². The van der Waals surface area contributed by atoms with E-state index in [-0.39, 0.29) is 5.56 Å². The highest BCUT2D eigenvalue weighted by molar-refractivity contribution is 7.98. The molecule has 1 N–H and O–H groups in total. The molecule has 0 saturated heterocycles. The quantitative estimate of drug-likeness (QED) is 0.364. The molecule has 0 unspecified atom stereocenters. The van der Waals surface area contributed by atoms with Crippen molar-refractivity contribution in [1.29, 1.82) is 0 Å². The Labute approximate surface area is 156 Å². The lowest BCUT2D eigenvalue weighted by Gasteiger charge is -2.16. The topological polar surface area (TPSA) is 64.2 Å². The third kappa shape index (κ3) is 4.72. The van der Waals surface area contributed by atoms with Crippen molar-refractivity contribution in [2.75, 3.05) is 13.2 Å². The van der Waals surface area contributed by atoms with Crippen molar-refractivity contribution in [3.05, 3.63) is 70.1 Å². The molecule has 0 atom stereocenters. The van der Waals surface area contributed by atoms with E-state index in [9.17, 15) is 4.79 Å². The van der Waals surface area contributed by atoms with Gasteiger partial charge in [0.05, 0.1) is 0 Å². The summed E-state index contributed by atoms with van der Waals surface area (Å²) in [5, 5.41) is 2.98. The Bertz CT molecular complexity index is 920. The predicted molar refractivity (Wildman–Crippen MR) is 104 cm³/mol. The molecule has 0 aliphatic heterocycles. The van der Waals surface area contributed by atoms with E-state index in [0.29, 0.717) is 29.8 Å². The van der Waals surface area contributed by atoms with Crippen LogP contribution < -0.4 is 5.56 Å². The van der Waals surface area contributed by atoms with E-state index >= 15 is 0 Å². The first-order valence-electron chi connectivity index (χ1n) is 8.64. The lowest BCUT2D eigenvalue weighted by atomic mass is 10.1. The van der Waals surface area contributed by atoms with Crippen molar-refractivity contribution < 1.29 is 9.47 Å². The van der Waals surface area contributed by atoms with Gasteiger partial charge in [-0.25, -0.2) is 4.98 Å². The number of aromatic amines is 1. The molecule has 6 heteroatoms. The van der Waals surface area contributed by atoms with Crippen molar-refractivity contribution in [2.24, 2.45) is 0 Å². The molecular weight excluding hydrogens is 348 g/mol. The van der Waals surface area contributed by atoms with E-state index in [1.807, 2.05) is 26.0 Å². The Morgan fingerprint density at radius 3 is 2.50 bits per heavy atom. The smallest absolute Gasteiger partial charge is 0.251 e. The van der Waals surface area contributed by atoms with E-state index in [2.05, 4.69) is 40.3 Å². The number of fused-ring (bicyclic) bond motifs is 1. The molecule has 0 spiro atoms. The molecule has 1 aromatic heterocycles. The Morgan fingerprint density at radius 1 is 1.04 bits per heavy atom. The molecule has 0 aliphatic rings. The number of ether oxygens (including phenoxy) is 2. The van der Waals surface area contributed by atoms with Gasteiger partial charge in [0.1, 0.15) is 5.69 Å². The third-order valence-corrected chi connectivity index (χ3v) is 4.75. The van der Waals surface area contributed by atoms with Crippen LogP contribution in [0.1, 0.15) is 31.4 Å². The summed E-state index contributed by atoms with van der Waals surface area (Å²) < 4.78 is 11.1. The maximum Gasteiger partial charge on any atom is 0.251 e. The Hall–Kier alpha value is -2.15. The lowest BCUT2D eigenvalue weighted by Crippen LogP contribution is -2.16. The Kier molecular flexibility index (Phi) is 6.44. The maximum atomic E-state index is 12.0. The number of hydrogen-bond acceptors (Lipinski definition) is 5. The van der Waals surface area contributed by atoms with Crippen LogP contribution in [0, 0.1) is 0 Å². The first-order chi connectivity index (χ1) is 12.7. The molecule has 5 nitrogen and oxygen atoms in total. The second-order valence-corrected chi connectivity index (χ2v) is 6.65. The van der Waals surface area contributed by atoms with Crippen molar-refractivity contribution >= 4 is 22.5 Å².